The summed E-state index contributed by atoms with van der Waals surface area (Å²) in [6.45, 7) is 3.72. The van der Waals surface area contributed by atoms with E-state index >= 15 is 0 Å². The van der Waals surface area contributed by atoms with Crippen LogP contribution in [-0.4, -0.2) is 72.9 Å². The van der Waals surface area contributed by atoms with E-state index in [1.165, 1.54) is 12.0 Å². The second-order valence-corrected chi connectivity index (χ2v) is 10.7. The van der Waals surface area contributed by atoms with Gasteiger partial charge in [-0.05, 0) is 31.4 Å². The third-order valence-corrected chi connectivity index (χ3v) is 9.02. The summed E-state index contributed by atoms with van der Waals surface area (Å²) in [7, 11) is -1.74. The highest BCUT2D eigenvalue weighted by Crippen LogP contribution is 2.26. The topological polar surface area (TPSA) is 60.9 Å². The summed E-state index contributed by atoms with van der Waals surface area (Å²) in [6.07, 6.45) is 5.30. The van der Waals surface area contributed by atoms with Gasteiger partial charge in [0.05, 0.1) is 5.75 Å². The predicted octanol–water partition coefficient (Wildman–Crippen LogP) is 2.74. The Kier molecular flexibility index (Phi) is 7.42. The molecule has 0 bridgehead atoms. The normalized spacial score (nSPS) is 19.9. The molecule has 1 aliphatic carbocycles. The zero-order valence-corrected chi connectivity index (χ0v) is 18.5. The monoisotopic (exact) mass is 425 g/mol. The van der Waals surface area contributed by atoms with Crippen molar-refractivity contribution in [2.45, 2.75) is 50.0 Å². The summed E-state index contributed by atoms with van der Waals surface area (Å²) in [5.41, 5.74) is 1.17. The van der Waals surface area contributed by atoms with Crippen LogP contribution in [0.15, 0.2) is 29.2 Å². The average Bonchev–Trinajstić information content (AvgIpc) is 2.73. The molecule has 2 fully saturated rings. The number of benzene rings is 1. The van der Waals surface area contributed by atoms with Crippen LogP contribution in [0, 0.1) is 6.92 Å². The molecule has 1 aliphatic heterocycles. The van der Waals surface area contributed by atoms with Crippen LogP contribution in [0.3, 0.4) is 0 Å². The van der Waals surface area contributed by atoms with Crippen molar-refractivity contribution in [2.24, 2.45) is 0 Å². The Labute approximate surface area is 173 Å². The van der Waals surface area contributed by atoms with Crippen LogP contribution < -0.4 is 0 Å². The molecule has 0 aromatic heterocycles. The van der Waals surface area contributed by atoms with E-state index in [9.17, 15) is 13.2 Å². The van der Waals surface area contributed by atoms with Crippen molar-refractivity contribution in [3.05, 3.63) is 29.8 Å². The van der Waals surface area contributed by atoms with Crippen molar-refractivity contribution >= 4 is 27.9 Å². The summed E-state index contributed by atoms with van der Waals surface area (Å²) >= 11 is 1.55. The SMILES string of the molecule is Cc1ccccc1SCC(=O)N1CCN(S(=O)(=O)N(C)C2CCCCC2)CC1. The molecule has 1 heterocycles. The van der Waals surface area contributed by atoms with Gasteiger partial charge in [-0.3, -0.25) is 4.79 Å². The highest BCUT2D eigenvalue weighted by atomic mass is 32.2. The zero-order valence-electron chi connectivity index (χ0n) is 16.8. The molecule has 6 nitrogen and oxygen atoms in total. The Morgan fingerprint density at radius 3 is 2.39 bits per heavy atom. The van der Waals surface area contributed by atoms with Crippen LogP contribution in [0.4, 0.5) is 0 Å². The molecule has 156 valence electrons. The van der Waals surface area contributed by atoms with Gasteiger partial charge < -0.3 is 4.90 Å². The molecular weight excluding hydrogens is 394 g/mol. The molecule has 2 aliphatic rings. The molecule has 28 heavy (non-hydrogen) atoms. The second kappa shape index (κ2) is 9.61. The molecule has 8 heteroatoms. The van der Waals surface area contributed by atoms with Crippen molar-refractivity contribution in [1.29, 1.82) is 0 Å². The number of nitrogens with zero attached hydrogens (tertiary/aromatic N) is 3. The van der Waals surface area contributed by atoms with Gasteiger partial charge in [0, 0.05) is 44.2 Å². The molecule has 0 unspecified atom stereocenters. The number of hydrogen-bond acceptors (Lipinski definition) is 4. The average molecular weight is 426 g/mol. The van der Waals surface area contributed by atoms with Gasteiger partial charge >= 0.3 is 0 Å². The molecule has 0 spiro atoms. The maximum atomic E-state index is 13.0. The van der Waals surface area contributed by atoms with Crippen LogP contribution in [0.25, 0.3) is 0 Å². The maximum Gasteiger partial charge on any atom is 0.282 e. The first-order valence-corrected chi connectivity index (χ1v) is 12.5. The van der Waals surface area contributed by atoms with Crippen LogP contribution in [0.1, 0.15) is 37.7 Å². The zero-order chi connectivity index (χ0) is 20.1. The van der Waals surface area contributed by atoms with Gasteiger partial charge in [0.1, 0.15) is 0 Å². The quantitative estimate of drug-likeness (QED) is 0.658. The summed E-state index contributed by atoms with van der Waals surface area (Å²) in [6, 6.07) is 8.15. The van der Waals surface area contributed by atoms with E-state index in [1.54, 1.807) is 32.3 Å². The number of carbonyl (C=O) groups excluding carboxylic acids is 1. The van der Waals surface area contributed by atoms with E-state index in [-0.39, 0.29) is 11.9 Å². The van der Waals surface area contributed by atoms with Gasteiger partial charge in [-0.15, -0.1) is 11.8 Å². The lowest BCUT2D eigenvalue weighted by Gasteiger charge is -2.38. The number of piperazine rings is 1. The first-order valence-electron chi connectivity index (χ1n) is 10.1. The van der Waals surface area contributed by atoms with Gasteiger partial charge in [-0.25, -0.2) is 0 Å². The van der Waals surface area contributed by atoms with Gasteiger partial charge in [-0.2, -0.15) is 17.0 Å². The largest absolute Gasteiger partial charge is 0.339 e. The molecule has 0 radical (unpaired) electrons. The smallest absolute Gasteiger partial charge is 0.282 e. The minimum Gasteiger partial charge on any atom is -0.339 e. The summed E-state index contributed by atoms with van der Waals surface area (Å²) in [5, 5.41) is 0. The Morgan fingerprint density at radius 1 is 1.11 bits per heavy atom. The van der Waals surface area contributed by atoms with E-state index in [0.29, 0.717) is 31.9 Å². The van der Waals surface area contributed by atoms with Crippen molar-refractivity contribution in [1.82, 2.24) is 13.5 Å². The van der Waals surface area contributed by atoms with Crippen molar-refractivity contribution < 1.29 is 13.2 Å². The van der Waals surface area contributed by atoms with Crippen molar-refractivity contribution in [3.63, 3.8) is 0 Å². The Hall–Kier alpha value is -1.09. The minimum atomic E-state index is -3.45. The first kappa shape index (κ1) is 21.6. The van der Waals surface area contributed by atoms with E-state index < -0.39 is 10.2 Å². The highest BCUT2D eigenvalue weighted by molar-refractivity contribution is 8.00. The van der Waals surface area contributed by atoms with Gasteiger partial charge in [0.2, 0.25) is 5.91 Å². The van der Waals surface area contributed by atoms with E-state index in [2.05, 4.69) is 0 Å². The standard InChI is InChI=1S/C20H31N3O3S2/c1-17-8-6-7-11-19(17)27-16-20(24)22-12-14-23(15-13-22)28(25,26)21(2)18-9-4-3-5-10-18/h6-8,11,18H,3-5,9-10,12-16H2,1-2H3. The number of amides is 1. The molecule has 1 saturated carbocycles. The minimum absolute atomic E-state index is 0.0749. The third kappa shape index (κ3) is 5.09. The van der Waals surface area contributed by atoms with Crippen LogP contribution in [0.5, 0.6) is 0 Å². The molecule has 1 saturated heterocycles. The lowest BCUT2D eigenvalue weighted by Crippen LogP contribution is -2.55. The Balaban J connectivity index is 1.50. The second-order valence-electron chi connectivity index (χ2n) is 7.65. The molecule has 1 aromatic carbocycles. The third-order valence-electron chi connectivity index (χ3n) is 5.82. The molecule has 1 aromatic rings. The van der Waals surface area contributed by atoms with Crippen molar-refractivity contribution in [2.75, 3.05) is 39.0 Å². The number of hydrogen-bond donors (Lipinski definition) is 0. The summed E-state index contributed by atoms with van der Waals surface area (Å²) in [5.74, 6) is 0.463. The van der Waals surface area contributed by atoms with Crippen LogP contribution in [0.2, 0.25) is 0 Å². The molecular formula is C20H31N3O3S2. The number of thioether (sulfide) groups is 1. The number of carbonyl (C=O) groups is 1. The van der Waals surface area contributed by atoms with E-state index in [1.807, 2.05) is 31.2 Å². The fraction of sp³-hybridized carbons (Fsp3) is 0.650. The van der Waals surface area contributed by atoms with Crippen molar-refractivity contribution in [3.8, 4) is 0 Å². The fourth-order valence-corrected chi connectivity index (χ4v) is 6.44. The maximum absolute atomic E-state index is 13.0. The molecule has 1 amide bonds. The van der Waals surface area contributed by atoms with Crippen LogP contribution in [-0.2, 0) is 15.0 Å². The highest BCUT2D eigenvalue weighted by Gasteiger charge is 2.35. The Morgan fingerprint density at radius 2 is 1.75 bits per heavy atom. The fourth-order valence-electron chi connectivity index (χ4n) is 3.93. The lowest BCUT2D eigenvalue weighted by molar-refractivity contribution is -0.129. The lowest BCUT2D eigenvalue weighted by atomic mass is 9.96. The predicted molar refractivity (Wildman–Crippen MR) is 114 cm³/mol. The molecule has 0 atom stereocenters. The van der Waals surface area contributed by atoms with Gasteiger partial charge in [0.25, 0.3) is 10.2 Å². The number of aryl methyl sites for hydroxylation is 1. The van der Waals surface area contributed by atoms with Gasteiger partial charge in [0.15, 0.2) is 0 Å². The van der Waals surface area contributed by atoms with E-state index in [0.717, 1.165) is 30.6 Å². The number of rotatable bonds is 6. The first-order chi connectivity index (χ1) is 13.4. The molecule has 3 rings (SSSR count). The van der Waals surface area contributed by atoms with Gasteiger partial charge in [-0.1, -0.05) is 37.5 Å². The van der Waals surface area contributed by atoms with Crippen LogP contribution >= 0.6 is 11.8 Å². The summed E-state index contributed by atoms with van der Waals surface area (Å²) in [4.78, 5) is 15.5. The molecule has 0 N–H and O–H groups in total. The summed E-state index contributed by atoms with van der Waals surface area (Å²) < 4.78 is 29.0. The van der Waals surface area contributed by atoms with E-state index in [4.69, 9.17) is 0 Å². The Bertz CT molecular complexity index is 771.